The molecule has 0 saturated heterocycles. The summed E-state index contributed by atoms with van der Waals surface area (Å²) in [6.45, 7) is -4.42. The minimum atomic E-state index is -4.35. The van der Waals surface area contributed by atoms with Gasteiger partial charge in [-0.15, -0.1) is 0 Å². The van der Waals surface area contributed by atoms with Gasteiger partial charge in [-0.2, -0.15) is 17.2 Å². The van der Waals surface area contributed by atoms with E-state index in [2.05, 4.69) is 32.3 Å². The molecule has 0 aromatic heterocycles. The first-order chi connectivity index (χ1) is 5.27. The SMILES string of the molecule is OP(=S)(OCl)OCCC(F)(F)F. The van der Waals surface area contributed by atoms with E-state index in [9.17, 15) is 13.2 Å². The van der Waals surface area contributed by atoms with Gasteiger partial charge < -0.3 is 9.42 Å². The average molecular weight is 245 g/mol. The summed E-state index contributed by atoms with van der Waals surface area (Å²) in [6, 6.07) is 0. The molecule has 0 aliphatic carbocycles. The molecule has 0 aromatic carbocycles. The Bertz CT molecular complexity index is 186. The Morgan fingerprint density at radius 2 is 2.00 bits per heavy atom. The fraction of sp³-hybridized carbons (Fsp3) is 1.00. The maximum atomic E-state index is 11.5. The number of hydrogen-bond acceptors (Lipinski definition) is 3. The van der Waals surface area contributed by atoms with E-state index in [4.69, 9.17) is 4.89 Å². The molecule has 0 aliphatic heterocycles. The number of rotatable bonds is 4. The van der Waals surface area contributed by atoms with Crippen molar-refractivity contribution in [2.24, 2.45) is 0 Å². The lowest BCUT2D eigenvalue weighted by Gasteiger charge is -2.11. The molecular weight excluding hydrogens is 240 g/mol. The zero-order valence-corrected chi connectivity index (χ0v) is 8.01. The van der Waals surface area contributed by atoms with E-state index in [1.54, 1.807) is 0 Å². The highest BCUT2D eigenvalue weighted by molar-refractivity contribution is 8.07. The van der Waals surface area contributed by atoms with Crippen molar-refractivity contribution in [3.63, 3.8) is 0 Å². The summed E-state index contributed by atoms with van der Waals surface area (Å²) < 4.78 is 42.3. The molecule has 0 rings (SSSR count). The van der Waals surface area contributed by atoms with Crippen molar-refractivity contribution < 1.29 is 26.7 Å². The van der Waals surface area contributed by atoms with Gasteiger partial charge in [-0.05, 0) is 11.8 Å². The Morgan fingerprint density at radius 3 is 2.33 bits per heavy atom. The number of halogens is 4. The van der Waals surface area contributed by atoms with Gasteiger partial charge >= 0.3 is 12.9 Å². The molecule has 74 valence electrons. The minimum Gasteiger partial charge on any atom is -0.324 e. The topological polar surface area (TPSA) is 38.7 Å². The van der Waals surface area contributed by atoms with Gasteiger partial charge in [-0.25, -0.2) is 0 Å². The first-order valence-corrected chi connectivity index (χ1v) is 5.51. The molecule has 0 bridgehead atoms. The quantitative estimate of drug-likeness (QED) is 0.771. The van der Waals surface area contributed by atoms with Crippen molar-refractivity contribution in [3.8, 4) is 0 Å². The second-order valence-electron chi connectivity index (χ2n) is 1.74. The third-order valence-corrected chi connectivity index (χ3v) is 2.76. The maximum Gasteiger partial charge on any atom is 0.391 e. The van der Waals surface area contributed by atoms with Crippen LogP contribution in [0.25, 0.3) is 0 Å². The lowest BCUT2D eigenvalue weighted by Crippen LogP contribution is -2.10. The van der Waals surface area contributed by atoms with Gasteiger partial charge in [0.05, 0.1) is 24.9 Å². The van der Waals surface area contributed by atoms with E-state index in [0.717, 1.165) is 0 Å². The van der Waals surface area contributed by atoms with Crippen LogP contribution >= 0.6 is 18.6 Å². The summed E-state index contributed by atoms with van der Waals surface area (Å²) in [4.78, 5) is 8.70. The van der Waals surface area contributed by atoms with E-state index in [-0.39, 0.29) is 0 Å². The van der Waals surface area contributed by atoms with Crippen LogP contribution in [0.2, 0.25) is 0 Å². The molecule has 9 heteroatoms. The van der Waals surface area contributed by atoms with Gasteiger partial charge in [0.15, 0.2) is 0 Å². The highest BCUT2D eigenvalue weighted by atomic mass is 35.5. The smallest absolute Gasteiger partial charge is 0.324 e. The molecule has 3 nitrogen and oxygen atoms in total. The second kappa shape index (κ2) is 4.74. The molecule has 12 heavy (non-hydrogen) atoms. The minimum absolute atomic E-state index is 0.760. The van der Waals surface area contributed by atoms with Crippen LogP contribution in [0, 0.1) is 0 Å². The number of hydrogen-bond donors (Lipinski definition) is 1. The van der Waals surface area contributed by atoms with Crippen LogP contribution in [-0.4, -0.2) is 17.7 Å². The maximum absolute atomic E-state index is 11.5. The van der Waals surface area contributed by atoms with Gasteiger partial charge in [-0.3, -0.25) is 0 Å². The van der Waals surface area contributed by atoms with Crippen LogP contribution in [0.3, 0.4) is 0 Å². The van der Waals surface area contributed by atoms with Crippen LogP contribution in [-0.2, 0) is 20.4 Å². The van der Waals surface area contributed by atoms with Crippen LogP contribution in [0.1, 0.15) is 6.42 Å². The molecule has 1 unspecified atom stereocenters. The molecule has 0 spiro atoms. The third kappa shape index (κ3) is 7.27. The number of alkyl halides is 3. The zero-order chi connectivity index (χ0) is 9.83. The lowest BCUT2D eigenvalue weighted by atomic mass is 10.5. The van der Waals surface area contributed by atoms with Gasteiger partial charge in [0.1, 0.15) is 0 Å². The van der Waals surface area contributed by atoms with Crippen molar-refractivity contribution in [2.45, 2.75) is 12.6 Å². The summed E-state index contributed by atoms with van der Waals surface area (Å²) in [5.74, 6) is 0. The van der Waals surface area contributed by atoms with Crippen molar-refractivity contribution in [1.82, 2.24) is 0 Å². The normalized spacial score (nSPS) is 17.4. The molecular formula is C3H5ClF3O3PS. The first kappa shape index (κ1) is 12.6. The highest BCUT2D eigenvalue weighted by Gasteiger charge is 2.28. The monoisotopic (exact) mass is 244 g/mol. The Morgan fingerprint density at radius 1 is 1.50 bits per heavy atom. The standard InChI is InChI=1S/C3H5ClF3O3PS/c4-10-11(8,12)9-2-1-3(5,6)7/h1-2H2,(H,8,12). The van der Waals surface area contributed by atoms with Crippen molar-refractivity contribution in [2.75, 3.05) is 6.61 Å². The largest absolute Gasteiger partial charge is 0.391 e. The van der Waals surface area contributed by atoms with Crippen LogP contribution in [0.4, 0.5) is 13.2 Å². The average Bonchev–Trinajstić information content (AvgIpc) is 1.84. The molecule has 0 fully saturated rings. The Balaban J connectivity index is 3.65. The molecule has 0 aliphatic rings. The molecule has 0 radical (unpaired) electrons. The molecule has 0 heterocycles. The fourth-order valence-corrected chi connectivity index (χ4v) is 1.00. The predicted molar refractivity (Wildman–Crippen MR) is 40.1 cm³/mol. The van der Waals surface area contributed by atoms with Crippen LogP contribution in [0.15, 0.2) is 0 Å². The fourth-order valence-electron chi connectivity index (χ4n) is 0.297. The highest BCUT2D eigenvalue weighted by Crippen LogP contribution is 2.45. The lowest BCUT2D eigenvalue weighted by molar-refractivity contribution is -0.139. The Labute approximate surface area is 76.8 Å². The van der Waals surface area contributed by atoms with Gasteiger partial charge in [0.25, 0.3) is 0 Å². The van der Waals surface area contributed by atoms with Crippen molar-refractivity contribution in [1.29, 1.82) is 0 Å². The van der Waals surface area contributed by atoms with E-state index < -0.39 is 25.9 Å². The summed E-state index contributed by atoms with van der Waals surface area (Å²) in [5.41, 5.74) is 0. The Hall–Kier alpha value is 0.610. The molecule has 0 amide bonds. The van der Waals surface area contributed by atoms with Crippen LogP contribution in [0.5, 0.6) is 0 Å². The zero-order valence-electron chi connectivity index (χ0n) is 5.55. The van der Waals surface area contributed by atoms with Crippen molar-refractivity contribution >= 4 is 30.4 Å². The van der Waals surface area contributed by atoms with Gasteiger partial charge in [0, 0.05) is 0 Å². The van der Waals surface area contributed by atoms with Crippen LogP contribution < -0.4 is 0 Å². The van der Waals surface area contributed by atoms with E-state index in [0.29, 0.717) is 0 Å². The third-order valence-electron chi connectivity index (χ3n) is 0.727. The molecule has 1 atom stereocenters. The summed E-state index contributed by atoms with van der Waals surface area (Å²) in [6.07, 6.45) is -5.55. The molecule has 0 aromatic rings. The predicted octanol–water partition coefficient (Wildman–Crippen LogP) is 2.34. The van der Waals surface area contributed by atoms with Gasteiger partial charge in [0.2, 0.25) is 0 Å². The first-order valence-electron chi connectivity index (χ1n) is 2.61. The molecule has 1 N–H and O–H groups in total. The molecule has 0 saturated carbocycles. The van der Waals surface area contributed by atoms with E-state index >= 15 is 0 Å². The summed E-state index contributed by atoms with van der Waals surface area (Å²) in [5, 5.41) is 0. The Kier molecular flexibility index (Phi) is 4.98. The summed E-state index contributed by atoms with van der Waals surface area (Å²) >= 11 is 8.79. The second-order valence-corrected chi connectivity index (χ2v) is 4.87. The van der Waals surface area contributed by atoms with E-state index in [1.165, 1.54) is 0 Å². The van der Waals surface area contributed by atoms with E-state index in [1.807, 2.05) is 0 Å². The summed E-state index contributed by atoms with van der Waals surface area (Å²) in [7, 11) is 0. The van der Waals surface area contributed by atoms with Gasteiger partial charge in [-0.1, -0.05) is 0 Å². The van der Waals surface area contributed by atoms with Crippen molar-refractivity contribution in [3.05, 3.63) is 0 Å².